The van der Waals surface area contributed by atoms with Gasteiger partial charge >= 0.3 is 0 Å². The van der Waals surface area contributed by atoms with Crippen molar-refractivity contribution in [2.24, 2.45) is 0 Å². The van der Waals surface area contributed by atoms with Gasteiger partial charge in [0.15, 0.2) is 5.65 Å². The van der Waals surface area contributed by atoms with Crippen molar-refractivity contribution in [3.8, 4) is 11.3 Å². The molecule has 3 N–H and O–H groups in total. The van der Waals surface area contributed by atoms with Crippen LogP contribution in [0.25, 0.3) is 16.9 Å². The van der Waals surface area contributed by atoms with Gasteiger partial charge in [-0.2, -0.15) is 4.98 Å². The predicted molar refractivity (Wildman–Crippen MR) is 96.6 cm³/mol. The Labute approximate surface area is 143 Å². The lowest BCUT2D eigenvalue weighted by atomic mass is 10.1. The van der Waals surface area contributed by atoms with Gasteiger partial charge in [0, 0.05) is 12.1 Å². The Bertz CT molecular complexity index is 1020. The maximum atomic E-state index is 13.6. The molecule has 0 bridgehead atoms. The molecule has 0 unspecified atom stereocenters. The quantitative estimate of drug-likeness (QED) is 0.597. The SMILES string of the molecule is Nc1nc2cccc(-c3ccc(CNc4ccccc4F)cc3)n2n1. The zero-order valence-electron chi connectivity index (χ0n) is 13.4. The van der Waals surface area contributed by atoms with Crippen LogP contribution >= 0.6 is 0 Å². The molecule has 5 nitrogen and oxygen atoms in total. The number of nitrogen functional groups attached to an aromatic ring is 1. The number of halogens is 1. The highest BCUT2D eigenvalue weighted by atomic mass is 19.1. The van der Waals surface area contributed by atoms with E-state index in [1.165, 1.54) is 6.07 Å². The maximum Gasteiger partial charge on any atom is 0.240 e. The predicted octanol–water partition coefficient (Wildman–Crippen LogP) is 3.73. The van der Waals surface area contributed by atoms with Crippen molar-refractivity contribution >= 4 is 17.3 Å². The monoisotopic (exact) mass is 333 g/mol. The van der Waals surface area contributed by atoms with Crippen molar-refractivity contribution < 1.29 is 4.39 Å². The molecule has 0 fully saturated rings. The highest BCUT2D eigenvalue weighted by Gasteiger charge is 2.07. The molecule has 124 valence electrons. The Kier molecular flexibility index (Phi) is 3.78. The fourth-order valence-corrected chi connectivity index (χ4v) is 2.74. The number of nitrogens with two attached hydrogens (primary N) is 1. The number of rotatable bonds is 4. The van der Waals surface area contributed by atoms with E-state index in [1.807, 2.05) is 42.5 Å². The summed E-state index contributed by atoms with van der Waals surface area (Å²) >= 11 is 0. The molecule has 6 heteroatoms. The van der Waals surface area contributed by atoms with Crippen LogP contribution in [0.3, 0.4) is 0 Å². The van der Waals surface area contributed by atoms with E-state index in [0.717, 1.165) is 16.8 Å². The fourth-order valence-electron chi connectivity index (χ4n) is 2.74. The number of benzene rings is 2. The number of anilines is 2. The van der Waals surface area contributed by atoms with Crippen molar-refractivity contribution in [1.82, 2.24) is 14.6 Å². The van der Waals surface area contributed by atoms with Crippen molar-refractivity contribution in [1.29, 1.82) is 0 Å². The average Bonchev–Trinajstić information content (AvgIpc) is 3.02. The first kappa shape index (κ1) is 15.1. The summed E-state index contributed by atoms with van der Waals surface area (Å²) in [4.78, 5) is 4.17. The largest absolute Gasteiger partial charge is 0.379 e. The first-order valence-corrected chi connectivity index (χ1v) is 7.90. The second-order valence-electron chi connectivity index (χ2n) is 5.68. The number of nitrogens with one attached hydrogen (secondary N) is 1. The van der Waals surface area contributed by atoms with Crippen LogP contribution < -0.4 is 11.1 Å². The summed E-state index contributed by atoms with van der Waals surface area (Å²) < 4.78 is 15.4. The lowest BCUT2D eigenvalue weighted by Gasteiger charge is -2.09. The minimum Gasteiger partial charge on any atom is -0.379 e. The van der Waals surface area contributed by atoms with Crippen LogP contribution in [0.1, 0.15) is 5.56 Å². The number of fused-ring (bicyclic) bond motifs is 1. The van der Waals surface area contributed by atoms with Crippen molar-refractivity contribution in [2.75, 3.05) is 11.1 Å². The molecule has 0 radical (unpaired) electrons. The molecule has 4 rings (SSSR count). The number of pyridine rings is 1. The smallest absolute Gasteiger partial charge is 0.240 e. The first-order valence-electron chi connectivity index (χ1n) is 7.90. The summed E-state index contributed by atoms with van der Waals surface area (Å²) in [5, 5.41) is 7.33. The van der Waals surface area contributed by atoms with Gasteiger partial charge in [0.1, 0.15) is 5.82 Å². The highest BCUT2D eigenvalue weighted by Crippen LogP contribution is 2.21. The Balaban J connectivity index is 1.56. The van der Waals surface area contributed by atoms with Crippen LogP contribution in [0.5, 0.6) is 0 Å². The summed E-state index contributed by atoms with van der Waals surface area (Å²) in [7, 11) is 0. The van der Waals surface area contributed by atoms with Crippen LogP contribution in [-0.2, 0) is 6.54 Å². The molecule has 0 atom stereocenters. The number of nitrogens with zero attached hydrogens (tertiary/aromatic N) is 3. The molecule has 0 saturated carbocycles. The highest BCUT2D eigenvalue weighted by molar-refractivity contribution is 5.64. The molecule has 0 aliphatic heterocycles. The van der Waals surface area contributed by atoms with Crippen LogP contribution in [0, 0.1) is 5.82 Å². The second kappa shape index (κ2) is 6.24. The van der Waals surface area contributed by atoms with Gasteiger partial charge in [0.25, 0.3) is 0 Å². The summed E-state index contributed by atoms with van der Waals surface area (Å²) in [5.41, 5.74) is 9.86. The lowest BCUT2D eigenvalue weighted by Crippen LogP contribution is -2.01. The van der Waals surface area contributed by atoms with Gasteiger partial charge in [-0.05, 0) is 29.8 Å². The molecular weight excluding hydrogens is 317 g/mol. The summed E-state index contributed by atoms with van der Waals surface area (Å²) in [5.74, 6) is -0.00673. The van der Waals surface area contributed by atoms with Gasteiger partial charge in [-0.3, -0.25) is 0 Å². The molecule has 4 aromatic rings. The van der Waals surface area contributed by atoms with E-state index < -0.39 is 0 Å². The van der Waals surface area contributed by atoms with Crippen molar-refractivity contribution in [3.63, 3.8) is 0 Å². The number of aromatic nitrogens is 3. The third-order valence-electron chi connectivity index (χ3n) is 3.98. The van der Waals surface area contributed by atoms with Gasteiger partial charge < -0.3 is 11.1 Å². The first-order chi connectivity index (χ1) is 12.2. The summed E-state index contributed by atoms with van der Waals surface area (Å²) in [6.45, 7) is 0.543. The van der Waals surface area contributed by atoms with Crippen LogP contribution in [-0.4, -0.2) is 14.6 Å². The van der Waals surface area contributed by atoms with Gasteiger partial charge in [-0.1, -0.05) is 42.5 Å². The molecule has 2 aromatic heterocycles. The van der Waals surface area contributed by atoms with Crippen LogP contribution in [0.2, 0.25) is 0 Å². The fraction of sp³-hybridized carbons (Fsp3) is 0.0526. The third-order valence-corrected chi connectivity index (χ3v) is 3.98. The van der Waals surface area contributed by atoms with E-state index in [0.29, 0.717) is 17.9 Å². The van der Waals surface area contributed by atoms with Gasteiger partial charge in [0.05, 0.1) is 11.4 Å². The maximum absolute atomic E-state index is 13.6. The van der Waals surface area contributed by atoms with E-state index in [-0.39, 0.29) is 11.8 Å². The summed E-state index contributed by atoms with van der Waals surface area (Å²) in [6.07, 6.45) is 0. The van der Waals surface area contributed by atoms with Crippen LogP contribution in [0.4, 0.5) is 16.0 Å². The van der Waals surface area contributed by atoms with E-state index in [1.54, 1.807) is 22.7 Å². The Hall–Kier alpha value is -3.41. The minimum atomic E-state index is -0.255. The standard InChI is InChI=1S/C19H16FN5/c20-15-4-1-2-5-16(15)22-12-13-8-10-14(11-9-13)17-6-3-7-18-23-19(21)24-25(17)18/h1-11,22H,12H2,(H2,21,24). The van der Waals surface area contributed by atoms with E-state index in [2.05, 4.69) is 15.4 Å². The van der Waals surface area contributed by atoms with Gasteiger partial charge in [-0.15, -0.1) is 5.10 Å². The zero-order valence-corrected chi connectivity index (χ0v) is 13.4. The molecule has 0 aliphatic rings. The molecular formula is C19H16FN5. The van der Waals surface area contributed by atoms with Crippen LogP contribution in [0.15, 0.2) is 66.7 Å². The third kappa shape index (κ3) is 3.01. The number of para-hydroxylation sites is 1. The number of hydrogen-bond acceptors (Lipinski definition) is 4. The minimum absolute atomic E-state index is 0.248. The molecule has 0 amide bonds. The zero-order chi connectivity index (χ0) is 17.2. The van der Waals surface area contributed by atoms with Crippen molar-refractivity contribution in [3.05, 3.63) is 78.1 Å². The molecule has 0 aliphatic carbocycles. The van der Waals surface area contributed by atoms with Gasteiger partial charge in [0.2, 0.25) is 5.95 Å². The van der Waals surface area contributed by atoms with E-state index in [9.17, 15) is 4.39 Å². The molecule has 2 aromatic carbocycles. The molecule has 0 saturated heterocycles. The lowest BCUT2D eigenvalue weighted by molar-refractivity contribution is 0.630. The Morgan fingerprint density at radius 2 is 1.76 bits per heavy atom. The van der Waals surface area contributed by atoms with Crippen molar-refractivity contribution in [2.45, 2.75) is 6.54 Å². The molecule has 0 spiro atoms. The second-order valence-corrected chi connectivity index (χ2v) is 5.68. The van der Waals surface area contributed by atoms with E-state index in [4.69, 9.17) is 5.73 Å². The normalized spacial score (nSPS) is 10.9. The molecule has 2 heterocycles. The Morgan fingerprint density at radius 1 is 0.960 bits per heavy atom. The Morgan fingerprint density at radius 3 is 2.56 bits per heavy atom. The molecule has 25 heavy (non-hydrogen) atoms. The summed E-state index contributed by atoms with van der Waals surface area (Å²) in [6, 6.07) is 20.4. The van der Waals surface area contributed by atoms with Gasteiger partial charge in [-0.25, -0.2) is 8.91 Å². The average molecular weight is 333 g/mol. The number of hydrogen-bond donors (Lipinski definition) is 2. The van der Waals surface area contributed by atoms with E-state index >= 15 is 0 Å². The topological polar surface area (TPSA) is 68.2 Å².